The van der Waals surface area contributed by atoms with Crippen LogP contribution in [0.4, 0.5) is 11.4 Å². The summed E-state index contributed by atoms with van der Waals surface area (Å²) in [5, 5.41) is 6.56. The second kappa shape index (κ2) is 7.89. The molecule has 0 saturated heterocycles. The molecule has 0 aliphatic heterocycles. The summed E-state index contributed by atoms with van der Waals surface area (Å²) in [6.07, 6.45) is 5.97. The Morgan fingerprint density at radius 3 is 2.45 bits per heavy atom. The van der Waals surface area contributed by atoms with Gasteiger partial charge in [-0.1, -0.05) is 67.8 Å². The maximum Gasteiger partial charge on any atom is 0.0578 e. The molecule has 0 aliphatic rings. The second-order valence-corrected chi connectivity index (χ2v) is 4.90. The van der Waals surface area contributed by atoms with Crippen LogP contribution in [0, 0.1) is 0 Å². The van der Waals surface area contributed by atoms with Crippen LogP contribution in [0.25, 0.3) is 11.6 Å². The van der Waals surface area contributed by atoms with Gasteiger partial charge in [-0.05, 0) is 28.8 Å². The zero-order chi connectivity index (χ0) is 15.8. The van der Waals surface area contributed by atoms with Gasteiger partial charge in [-0.2, -0.15) is 0 Å². The van der Waals surface area contributed by atoms with Crippen molar-refractivity contribution in [2.24, 2.45) is 0 Å². The van der Waals surface area contributed by atoms with E-state index in [0.29, 0.717) is 0 Å². The number of benzene rings is 2. The third-order valence-corrected chi connectivity index (χ3v) is 3.45. The lowest BCUT2D eigenvalue weighted by Gasteiger charge is -2.10. The van der Waals surface area contributed by atoms with Crippen molar-refractivity contribution < 1.29 is 0 Å². The Morgan fingerprint density at radius 1 is 1.05 bits per heavy atom. The molecule has 0 fully saturated rings. The molecule has 2 aromatic carbocycles. The summed E-state index contributed by atoms with van der Waals surface area (Å²) in [5.41, 5.74) is 5.38. The van der Waals surface area contributed by atoms with Crippen LogP contribution in [-0.2, 0) is 0 Å². The van der Waals surface area contributed by atoms with E-state index < -0.39 is 0 Å². The van der Waals surface area contributed by atoms with Crippen molar-refractivity contribution in [2.75, 3.05) is 24.2 Å². The highest BCUT2D eigenvalue weighted by Crippen LogP contribution is 2.21. The Kier molecular flexibility index (Phi) is 5.61. The minimum atomic E-state index is 0.744. The molecule has 0 unspecified atom stereocenters. The van der Waals surface area contributed by atoms with Crippen LogP contribution in [0.3, 0.4) is 0 Å². The van der Waals surface area contributed by atoms with Crippen LogP contribution >= 0.6 is 0 Å². The Balaban J connectivity index is 1.98. The number of hydrogen-bond acceptors (Lipinski definition) is 2. The Hall–Kier alpha value is -2.74. The predicted octanol–water partition coefficient (Wildman–Crippen LogP) is 5.05. The summed E-state index contributed by atoms with van der Waals surface area (Å²) < 4.78 is 0. The molecule has 112 valence electrons. The first-order chi connectivity index (χ1) is 10.8. The van der Waals surface area contributed by atoms with Gasteiger partial charge in [0.15, 0.2) is 0 Å². The Labute approximate surface area is 132 Å². The SMILES string of the molecule is C=Cc1ccccc1C(=C)/C=C\CNc1ccccc1NC. The minimum absolute atomic E-state index is 0.744. The molecule has 0 spiro atoms. The molecular weight excluding hydrogens is 268 g/mol. The summed E-state index contributed by atoms with van der Waals surface area (Å²) in [6, 6.07) is 16.3. The van der Waals surface area contributed by atoms with E-state index >= 15 is 0 Å². The van der Waals surface area contributed by atoms with Crippen molar-refractivity contribution in [1.82, 2.24) is 0 Å². The van der Waals surface area contributed by atoms with Gasteiger partial charge < -0.3 is 10.6 Å². The number of anilines is 2. The quantitative estimate of drug-likeness (QED) is 0.697. The smallest absolute Gasteiger partial charge is 0.0578 e. The van der Waals surface area contributed by atoms with Crippen LogP contribution in [0.2, 0.25) is 0 Å². The van der Waals surface area contributed by atoms with Crippen molar-refractivity contribution in [3.8, 4) is 0 Å². The topological polar surface area (TPSA) is 24.1 Å². The molecule has 0 bridgehead atoms. The zero-order valence-electron chi connectivity index (χ0n) is 13.0. The van der Waals surface area contributed by atoms with Crippen LogP contribution in [0.5, 0.6) is 0 Å². The average molecular weight is 290 g/mol. The van der Waals surface area contributed by atoms with E-state index in [1.807, 2.05) is 55.6 Å². The van der Waals surface area contributed by atoms with E-state index in [0.717, 1.165) is 34.6 Å². The summed E-state index contributed by atoms with van der Waals surface area (Å²) in [7, 11) is 1.92. The highest BCUT2D eigenvalue weighted by atomic mass is 14.9. The number of para-hydroxylation sites is 2. The van der Waals surface area contributed by atoms with Gasteiger partial charge in [0, 0.05) is 13.6 Å². The monoisotopic (exact) mass is 290 g/mol. The van der Waals surface area contributed by atoms with Gasteiger partial charge in [-0.3, -0.25) is 0 Å². The molecule has 0 atom stereocenters. The average Bonchev–Trinajstić information content (AvgIpc) is 2.58. The standard InChI is InChI=1S/C20H22N2/c1-4-17-11-5-6-12-18(17)16(2)10-9-15-22-20-14-8-7-13-19(20)21-3/h4-14,21-22H,1-2,15H2,3H3/b10-9-. The van der Waals surface area contributed by atoms with E-state index in [1.165, 1.54) is 0 Å². The number of rotatable bonds is 7. The molecule has 2 heteroatoms. The van der Waals surface area contributed by atoms with Crippen molar-refractivity contribution in [2.45, 2.75) is 0 Å². The number of nitrogens with one attached hydrogen (secondary N) is 2. The van der Waals surface area contributed by atoms with E-state index in [9.17, 15) is 0 Å². The molecule has 0 aliphatic carbocycles. The normalized spacial score (nSPS) is 10.4. The fourth-order valence-corrected chi connectivity index (χ4v) is 2.28. The Bertz CT molecular complexity index is 684. The van der Waals surface area contributed by atoms with Crippen molar-refractivity contribution >= 4 is 23.0 Å². The predicted molar refractivity (Wildman–Crippen MR) is 99.2 cm³/mol. The lowest BCUT2D eigenvalue weighted by atomic mass is 10.0. The van der Waals surface area contributed by atoms with Crippen LogP contribution in [0.15, 0.2) is 73.8 Å². The van der Waals surface area contributed by atoms with Crippen molar-refractivity contribution in [3.05, 3.63) is 85.0 Å². The number of allylic oxidation sites excluding steroid dienone is 2. The van der Waals surface area contributed by atoms with Gasteiger partial charge in [0.2, 0.25) is 0 Å². The van der Waals surface area contributed by atoms with Crippen LogP contribution in [-0.4, -0.2) is 13.6 Å². The summed E-state index contributed by atoms with van der Waals surface area (Å²) in [5.74, 6) is 0. The molecule has 2 nitrogen and oxygen atoms in total. The molecular formula is C20H22N2. The van der Waals surface area contributed by atoms with Gasteiger partial charge in [-0.15, -0.1) is 0 Å². The van der Waals surface area contributed by atoms with E-state index in [2.05, 4.69) is 42.0 Å². The van der Waals surface area contributed by atoms with E-state index in [1.54, 1.807) is 0 Å². The molecule has 22 heavy (non-hydrogen) atoms. The Morgan fingerprint density at radius 2 is 1.73 bits per heavy atom. The van der Waals surface area contributed by atoms with Crippen molar-refractivity contribution in [3.63, 3.8) is 0 Å². The molecule has 0 aromatic heterocycles. The fraction of sp³-hybridized carbons (Fsp3) is 0.100. The fourth-order valence-electron chi connectivity index (χ4n) is 2.28. The highest BCUT2D eigenvalue weighted by Gasteiger charge is 2.00. The van der Waals surface area contributed by atoms with Gasteiger partial charge >= 0.3 is 0 Å². The third-order valence-electron chi connectivity index (χ3n) is 3.45. The number of hydrogen-bond donors (Lipinski definition) is 2. The van der Waals surface area contributed by atoms with Gasteiger partial charge in [0.05, 0.1) is 11.4 Å². The first-order valence-corrected chi connectivity index (χ1v) is 7.34. The van der Waals surface area contributed by atoms with E-state index in [-0.39, 0.29) is 0 Å². The lowest BCUT2D eigenvalue weighted by Crippen LogP contribution is -2.01. The highest BCUT2D eigenvalue weighted by molar-refractivity contribution is 5.78. The van der Waals surface area contributed by atoms with Gasteiger partial charge in [-0.25, -0.2) is 0 Å². The minimum Gasteiger partial charge on any atom is -0.386 e. The first-order valence-electron chi connectivity index (χ1n) is 7.34. The third kappa shape index (κ3) is 3.89. The molecule has 0 saturated carbocycles. The van der Waals surface area contributed by atoms with Crippen LogP contribution < -0.4 is 10.6 Å². The van der Waals surface area contributed by atoms with Crippen molar-refractivity contribution in [1.29, 1.82) is 0 Å². The maximum absolute atomic E-state index is 4.14. The van der Waals surface area contributed by atoms with Crippen LogP contribution in [0.1, 0.15) is 11.1 Å². The largest absolute Gasteiger partial charge is 0.386 e. The molecule has 2 aromatic rings. The summed E-state index contributed by atoms with van der Waals surface area (Å²) in [6.45, 7) is 8.73. The molecule has 2 N–H and O–H groups in total. The summed E-state index contributed by atoms with van der Waals surface area (Å²) >= 11 is 0. The zero-order valence-corrected chi connectivity index (χ0v) is 13.0. The molecule has 0 heterocycles. The molecule has 0 amide bonds. The molecule has 2 rings (SSSR count). The first kappa shape index (κ1) is 15.6. The van der Waals surface area contributed by atoms with Gasteiger partial charge in [0.1, 0.15) is 0 Å². The lowest BCUT2D eigenvalue weighted by molar-refractivity contribution is 1.32. The van der Waals surface area contributed by atoms with E-state index in [4.69, 9.17) is 0 Å². The van der Waals surface area contributed by atoms with Gasteiger partial charge in [0.25, 0.3) is 0 Å². The summed E-state index contributed by atoms with van der Waals surface area (Å²) in [4.78, 5) is 0. The second-order valence-electron chi connectivity index (χ2n) is 4.90. The maximum atomic E-state index is 4.14. The molecule has 0 radical (unpaired) electrons.